The van der Waals surface area contributed by atoms with Gasteiger partial charge in [-0.05, 0) is 30.3 Å². The number of rotatable bonds is 4. The van der Waals surface area contributed by atoms with Gasteiger partial charge in [0.05, 0.1) is 17.8 Å². The van der Waals surface area contributed by atoms with E-state index in [1.54, 1.807) is 41.6 Å². The number of Topliss-reactive ketones (excluding diaryl/α,β-unsaturated/α-hetero) is 1. The van der Waals surface area contributed by atoms with Gasteiger partial charge >= 0.3 is 0 Å². The summed E-state index contributed by atoms with van der Waals surface area (Å²) in [6, 6.07) is 10.1. The number of hydrogen-bond acceptors (Lipinski definition) is 8. The van der Waals surface area contributed by atoms with Gasteiger partial charge in [-0.25, -0.2) is 4.99 Å². The summed E-state index contributed by atoms with van der Waals surface area (Å²) in [7, 11) is 0. The molecule has 3 aliphatic rings. The number of carbonyl (C=O) groups excluding carboxylic acids is 3. The average molecular weight is 485 g/mol. The molecule has 3 aliphatic heterocycles. The average Bonchev–Trinajstić information content (AvgIpc) is 2.88. The summed E-state index contributed by atoms with van der Waals surface area (Å²) in [5.41, 5.74) is 2.62. The fourth-order valence-electron chi connectivity index (χ4n) is 4.38. The molecule has 182 valence electrons. The van der Waals surface area contributed by atoms with Crippen LogP contribution in [-0.4, -0.2) is 72.3 Å². The number of amidine groups is 1. The number of phenols is 1. The molecule has 0 spiro atoms. The van der Waals surface area contributed by atoms with Crippen LogP contribution in [0.1, 0.15) is 39.1 Å². The van der Waals surface area contributed by atoms with Crippen LogP contribution in [0.25, 0.3) is 0 Å². The first-order valence-electron chi connectivity index (χ1n) is 11.6. The van der Waals surface area contributed by atoms with Crippen LogP contribution in [0, 0.1) is 0 Å². The summed E-state index contributed by atoms with van der Waals surface area (Å²) in [5, 5.41) is 13.4. The lowest BCUT2D eigenvalue weighted by molar-refractivity contribution is -0.116. The van der Waals surface area contributed by atoms with Crippen LogP contribution in [-0.2, 0) is 4.79 Å². The maximum atomic E-state index is 13.3. The van der Waals surface area contributed by atoms with Crippen molar-refractivity contribution < 1.29 is 19.5 Å². The van der Waals surface area contributed by atoms with E-state index in [9.17, 15) is 19.5 Å². The van der Waals surface area contributed by atoms with Gasteiger partial charge in [0.1, 0.15) is 24.9 Å². The fourth-order valence-corrected chi connectivity index (χ4v) is 4.38. The normalized spacial score (nSPS) is 20.7. The molecule has 10 heteroatoms. The van der Waals surface area contributed by atoms with E-state index in [4.69, 9.17) is 0 Å². The van der Waals surface area contributed by atoms with Gasteiger partial charge in [0.2, 0.25) is 5.91 Å². The second kappa shape index (κ2) is 9.95. The Kier molecular flexibility index (Phi) is 6.40. The second-order valence-electron chi connectivity index (χ2n) is 8.43. The summed E-state index contributed by atoms with van der Waals surface area (Å²) < 4.78 is 0. The van der Waals surface area contributed by atoms with Crippen molar-refractivity contribution in [1.82, 2.24) is 4.90 Å². The van der Waals surface area contributed by atoms with Crippen molar-refractivity contribution in [3.05, 3.63) is 65.2 Å². The molecule has 5 rings (SSSR count). The van der Waals surface area contributed by atoms with Crippen molar-refractivity contribution in [3.8, 4) is 5.75 Å². The monoisotopic (exact) mass is 484 g/mol. The molecule has 0 radical (unpaired) electrons. The highest BCUT2D eigenvalue weighted by molar-refractivity contribution is 6.18. The van der Waals surface area contributed by atoms with Crippen molar-refractivity contribution in [3.63, 3.8) is 0 Å². The minimum atomic E-state index is -0.431. The molecule has 0 saturated carbocycles. The number of anilines is 2. The van der Waals surface area contributed by atoms with Crippen molar-refractivity contribution in [2.75, 3.05) is 36.6 Å². The third-order valence-corrected chi connectivity index (χ3v) is 6.13. The number of phenolic OH excluding ortho intramolecular Hbond substituents is 1. The number of nitrogens with zero attached hydrogens (tertiary/aromatic N) is 5. The molecule has 0 atom stereocenters. The largest absolute Gasteiger partial charge is 0.507 e. The molecule has 0 bridgehead atoms. The Labute approximate surface area is 207 Å². The maximum Gasteiger partial charge on any atom is 0.258 e. The van der Waals surface area contributed by atoms with Crippen molar-refractivity contribution in [2.24, 2.45) is 15.0 Å². The van der Waals surface area contributed by atoms with Gasteiger partial charge < -0.3 is 15.3 Å². The lowest BCUT2D eigenvalue weighted by Crippen LogP contribution is -2.44. The lowest BCUT2D eigenvalue weighted by atomic mass is 9.97. The van der Waals surface area contributed by atoms with Crippen molar-refractivity contribution >= 4 is 47.2 Å². The summed E-state index contributed by atoms with van der Waals surface area (Å²) in [6.07, 6.45) is 7.16. The van der Waals surface area contributed by atoms with E-state index in [-0.39, 0.29) is 61.2 Å². The third-order valence-electron chi connectivity index (χ3n) is 6.13. The quantitative estimate of drug-likeness (QED) is 0.690. The highest BCUT2D eigenvalue weighted by Gasteiger charge is 2.33. The SMILES string of the molecule is O=C1CN(CC/C2=N/C/N=C\C=C/CC(=O)N2c2ccc3c(c2)NCN=C3)C(=O)c2c(O)cccc21. The van der Waals surface area contributed by atoms with Gasteiger partial charge in [0.25, 0.3) is 5.91 Å². The van der Waals surface area contributed by atoms with Crippen LogP contribution < -0.4 is 10.2 Å². The molecule has 2 N–H and O–H groups in total. The Bertz CT molecular complexity index is 1360. The third kappa shape index (κ3) is 4.52. The van der Waals surface area contributed by atoms with Crippen LogP contribution in [0.3, 0.4) is 0 Å². The summed E-state index contributed by atoms with van der Waals surface area (Å²) >= 11 is 0. The van der Waals surface area contributed by atoms with E-state index in [1.807, 2.05) is 18.2 Å². The number of amides is 2. The predicted molar refractivity (Wildman–Crippen MR) is 138 cm³/mol. The molecule has 2 aromatic rings. The first-order valence-corrected chi connectivity index (χ1v) is 11.6. The number of aliphatic imine (C=N–C) groups is 3. The van der Waals surface area contributed by atoms with Gasteiger partial charge in [-0.2, -0.15) is 0 Å². The van der Waals surface area contributed by atoms with Crippen LogP contribution >= 0.6 is 0 Å². The van der Waals surface area contributed by atoms with E-state index < -0.39 is 5.91 Å². The maximum absolute atomic E-state index is 13.3. The van der Waals surface area contributed by atoms with Crippen molar-refractivity contribution in [2.45, 2.75) is 12.8 Å². The first-order chi connectivity index (χ1) is 17.5. The van der Waals surface area contributed by atoms with E-state index in [1.165, 1.54) is 11.0 Å². The number of carbonyl (C=O) groups is 3. The van der Waals surface area contributed by atoms with E-state index in [2.05, 4.69) is 20.3 Å². The summed E-state index contributed by atoms with van der Waals surface area (Å²) in [4.78, 5) is 55.0. The Balaban J connectivity index is 1.45. The van der Waals surface area contributed by atoms with Gasteiger partial charge in [0, 0.05) is 48.6 Å². The van der Waals surface area contributed by atoms with Crippen LogP contribution in [0.15, 0.2) is 63.5 Å². The Hall–Kier alpha value is -4.60. The van der Waals surface area contributed by atoms with E-state index in [0.29, 0.717) is 18.2 Å². The Morgan fingerprint density at radius 2 is 1.97 bits per heavy atom. The lowest BCUT2D eigenvalue weighted by Gasteiger charge is -2.30. The predicted octanol–water partition coefficient (Wildman–Crippen LogP) is 2.64. The molecule has 10 nitrogen and oxygen atoms in total. The molecule has 3 heterocycles. The number of benzene rings is 2. The van der Waals surface area contributed by atoms with Gasteiger partial charge in [-0.1, -0.05) is 18.2 Å². The number of hydrogen-bond donors (Lipinski definition) is 2. The number of allylic oxidation sites excluding steroid dienone is 1. The molecule has 0 unspecified atom stereocenters. The number of fused-ring (bicyclic) bond motifs is 2. The minimum Gasteiger partial charge on any atom is -0.507 e. The zero-order valence-corrected chi connectivity index (χ0v) is 19.4. The van der Waals surface area contributed by atoms with Crippen molar-refractivity contribution in [1.29, 1.82) is 0 Å². The molecule has 36 heavy (non-hydrogen) atoms. The highest BCUT2D eigenvalue weighted by Crippen LogP contribution is 2.29. The summed E-state index contributed by atoms with van der Waals surface area (Å²) in [5.74, 6) is -0.665. The smallest absolute Gasteiger partial charge is 0.258 e. The van der Waals surface area contributed by atoms with Gasteiger partial charge in [-0.15, -0.1) is 0 Å². The summed E-state index contributed by atoms with van der Waals surface area (Å²) in [6.45, 7) is 0.577. The first kappa shape index (κ1) is 23.2. The molecule has 2 aromatic carbocycles. The van der Waals surface area contributed by atoms with Gasteiger partial charge in [-0.3, -0.25) is 29.3 Å². The Morgan fingerprint density at radius 1 is 1.08 bits per heavy atom. The van der Waals surface area contributed by atoms with E-state index in [0.717, 1.165) is 11.3 Å². The van der Waals surface area contributed by atoms with E-state index >= 15 is 0 Å². The Morgan fingerprint density at radius 3 is 2.86 bits per heavy atom. The number of ketones is 1. The van der Waals surface area contributed by atoms with Crippen LogP contribution in [0.2, 0.25) is 0 Å². The van der Waals surface area contributed by atoms with Gasteiger partial charge in [0.15, 0.2) is 5.78 Å². The molecular weight excluding hydrogens is 460 g/mol. The zero-order valence-electron chi connectivity index (χ0n) is 19.4. The molecule has 0 aliphatic carbocycles. The molecule has 0 saturated heterocycles. The fraction of sp³-hybridized carbons (Fsp3) is 0.231. The number of aromatic hydroxyl groups is 1. The second-order valence-corrected chi connectivity index (χ2v) is 8.43. The molecule has 0 fully saturated rings. The topological polar surface area (TPSA) is 127 Å². The minimum absolute atomic E-state index is 0.00624. The zero-order chi connectivity index (χ0) is 25.1. The molecule has 0 aromatic heterocycles. The standard InChI is InChI=1S/C26H24N6O4/c33-21-5-3-4-19-22(34)14-31(26(36)25(19)21)11-9-23-30-15-27-10-2-1-6-24(35)32(23)18-8-7-17-13-28-16-29-20(17)12-18/h1-5,7-8,10,12-13,29,33H,6,9,11,14-16H2/b2-1-,27-10-,30-23-. The van der Waals surface area contributed by atoms with Crippen LogP contribution in [0.4, 0.5) is 11.4 Å². The van der Waals surface area contributed by atoms with Crippen LogP contribution in [0.5, 0.6) is 5.75 Å². The molecule has 2 amide bonds. The number of nitrogens with one attached hydrogen (secondary N) is 1. The molecular formula is C26H24N6O4. The highest BCUT2D eigenvalue weighted by atomic mass is 16.3.